The molecule has 0 saturated carbocycles. The fourth-order valence-electron chi connectivity index (χ4n) is 2.74. The number of phenols is 1. The summed E-state index contributed by atoms with van der Waals surface area (Å²) in [4.78, 5) is 40.6. The number of carbonyl (C=O) groups is 3. The molecule has 1 N–H and O–H groups in total. The van der Waals surface area contributed by atoms with Gasteiger partial charge in [-0.25, -0.2) is 9.69 Å². The molecular weight excluding hydrogens is 384 g/mol. The van der Waals surface area contributed by atoms with Gasteiger partial charge in [-0.15, -0.1) is 0 Å². The topological polar surface area (TPSA) is 87.2 Å². The first-order valence-electron chi connectivity index (χ1n) is 8.38. The number of phenolic OH excluding ortho intramolecular Hbond substituents is 1. The molecule has 0 spiro atoms. The Kier molecular flexibility index (Phi) is 5.77. The fraction of sp³-hybridized carbons (Fsp3) is 0.150. The van der Waals surface area contributed by atoms with Crippen LogP contribution in [0, 0.1) is 0 Å². The van der Waals surface area contributed by atoms with Crippen LogP contribution < -0.4 is 4.90 Å². The van der Waals surface area contributed by atoms with Gasteiger partial charge in [0.25, 0.3) is 11.8 Å². The standard InChI is InChI=1S/C20H17ClN2O5/c1-28-10-9-22-18(25)15(11-13-7-8-17(24)16(21)12-13)19(26)23(20(22)27)14-5-3-2-4-6-14/h2-8,11-12,24H,9-10H2,1H3/b15-11-. The summed E-state index contributed by atoms with van der Waals surface area (Å²) in [7, 11) is 1.45. The third-order valence-electron chi connectivity index (χ3n) is 4.15. The first-order valence-corrected chi connectivity index (χ1v) is 8.76. The molecule has 1 fully saturated rings. The number of methoxy groups -OCH3 is 1. The van der Waals surface area contributed by atoms with Crippen LogP contribution in [0.1, 0.15) is 5.56 Å². The number of benzene rings is 2. The Morgan fingerprint density at radius 3 is 2.43 bits per heavy atom. The van der Waals surface area contributed by atoms with E-state index >= 15 is 0 Å². The number of nitrogens with zero attached hydrogens (tertiary/aromatic N) is 2. The maximum atomic E-state index is 13.0. The zero-order valence-electron chi connectivity index (χ0n) is 15.0. The molecule has 1 aliphatic rings. The van der Waals surface area contributed by atoms with Gasteiger partial charge in [-0.05, 0) is 35.9 Å². The second-order valence-electron chi connectivity index (χ2n) is 5.98. The van der Waals surface area contributed by atoms with Gasteiger partial charge >= 0.3 is 6.03 Å². The van der Waals surface area contributed by atoms with Crippen LogP contribution in [0.3, 0.4) is 0 Å². The fourth-order valence-corrected chi connectivity index (χ4v) is 2.93. The number of anilines is 1. The van der Waals surface area contributed by atoms with E-state index in [-0.39, 0.29) is 29.5 Å². The molecule has 8 heteroatoms. The lowest BCUT2D eigenvalue weighted by Gasteiger charge is -2.33. The Morgan fingerprint density at radius 2 is 1.79 bits per heavy atom. The van der Waals surface area contributed by atoms with E-state index < -0.39 is 17.8 Å². The van der Waals surface area contributed by atoms with Gasteiger partial charge in [0.05, 0.1) is 23.9 Å². The second-order valence-corrected chi connectivity index (χ2v) is 6.38. The molecule has 4 amide bonds. The number of rotatable bonds is 5. The number of urea groups is 1. The van der Waals surface area contributed by atoms with Crippen LogP contribution in [-0.4, -0.2) is 48.1 Å². The molecule has 7 nitrogen and oxygen atoms in total. The number of hydrogen-bond acceptors (Lipinski definition) is 5. The largest absolute Gasteiger partial charge is 0.506 e. The van der Waals surface area contributed by atoms with E-state index in [0.717, 1.165) is 9.80 Å². The van der Waals surface area contributed by atoms with Gasteiger partial charge in [0.2, 0.25) is 0 Å². The highest BCUT2D eigenvalue weighted by atomic mass is 35.5. The number of halogens is 1. The van der Waals surface area contributed by atoms with Crippen LogP contribution in [0.5, 0.6) is 5.75 Å². The summed E-state index contributed by atoms with van der Waals surface area (Å²) in [6, 6.07) is 11.9. The number of carbonyl (C=O) groups excluding carboxylic acids is 3. The highest BCUT2D eigenvalue weighted by Gasteiger charge is 2.42. The molecule has 2 aromatic rings. The van der Waals surface area contributed by atoms with Crippen LogP contribution >= 0.6 is 11.6 Å². The zero-order valence-corrected chi connectivity index (χ0v) is 15.7. The first-order chi connectivity index (χ1) is 13.4. The minimum absolute atomic E-state index is 0.00153. The Hall–Kier alpha value is -3.16. The number of barbiturate groups is 1. The van der Waals surface area contributed by atoms with Gasteiger partial charge in [-0.3, -0.25) is 14.5 Å². The van der Waals surface area contributed by atoms with Crippen molar-refractivity contribution in [2.45, 2.75) is 0 Å². The molecular formula is C20H17ClN2O5. The summed E-state index contributed by atoms with van der Waals surface area (Å²) in [6.45, 7) is 0.130. The molecule has 0 aliphatic carbocycles. The molecule has 28 heavy (non-hydrogen) atoms. The van der Waals surface area contributed by atoms with Crippen molar-refractivity contribution >= 4 is 41.2 Å². The van der Waals surface area contributed by atoms with E-state index in [9.17, 15) is 19.5 Å². The van der Waals surface area contributed by atoms with Crippen molar-refractivity contribution in [2.75, 3.05) is 25.2 Å². The Labute approximate surface area is 166 Å². The number of aromatic hydroxyl groups is 1. The predicted octanol–water partition coefficient (Wildman–Crippen LogP) is 3.07. The van der Waals surface area contributed by atoms with E-state index in [1.54, 1.807) is 30.3 Å². The SMILES string of the molecule is COCCN1C(=O)/C(=C/c2ccc(O)c(Cl)c2)C(=O)N(c2ccccc2)C1=O. The number of hydrogen-bond donors (Lipinski definition) is 1. The maximum absolute atomic E-state index is 13.0. The number of ether oxygens (including phenoxy) is 1. The lowest BCUT2D eigenvalue weighted by molar-refractivity contribution is -0.129. The summed E-state index contributed by atoms with van der Waals surface area (Å²) in [5, 5.41) is 9.64. The van der Waals surface area contributed by atoms with E-state index in [1.165, 1.54) is 31.4 Å². The normalized spacial score (nSPS) is 16.2. The highest BCUT2D eigenvalue weighted by molar-refractivity contribution is 6.39. The molecule has 0 aromatic heterocycles. The summed E-state index contributed by atoms with van der Waals surface area (Å²) in [5.41, 5.74) is 0.594. The van der Waals surface area contributed by atoms with Gasteiger partial charge < -0.3 is 9.84 Å². The van der Waals surface area contributed by atoms with E-state index in [2.05, 4.69) is 0 Å². The number of imide groups is 2. The Bertz CT molecular complexity index is 958. The summed E-state index contributed by atoms with van der Waals surface area (Å²) < 4.78 is 4.98. The molecule has 0 bridgehead atoms. The monoisotopic (exact) mass is 400 g/mol. The van der Waals surface area contributed by atoms with Crippen LogP contribution in [-0.2, 0) is 14.3 Å². The van der Waals surface area contributed by atoms with Crippen molar-refractivity contribution in [1.29, 1.82) is 0 Å². The number of para-hydroxylation sites is 1. The molecule has 0 atom stereocenters. The third kappa shape index (κ3) is 3.76. The van der Waals surface area contributed by atoms with Gasteiger partial charge in [-0.2, -0.15) is 0 Å². The van der Waals surface area contributed by atoms with E-state index in [0.29, 0.717) is 11.3 Å². The molecule has 3 rings (SSSR count). The third-order valence-corrected chi connectivity index (χ3v) is 4.45. The minimum Gasteiger partial charge on any atom is -0.506 e. The lowest BCUT2D eigenvalue weighted by Crippen LogP contribution is -2.57. The van der Waals surface area contributed by atoms with E-state index in [1.807, 2.05) is 0 Å². The molecule has 1 heterocycles. The summed E-state index contributed by atoms with van der Waals surface area (Å²) in [5.74, 6) is -1.57. The Morgan fingerprint density at radius 1 is 1.07 bits per heavy atom. The minimum atomic E-state index is -0.737. The number of amides is 4. The first kappa shape index (κ1) is 19.6. The molecule has 1 saturated heterocycles. The van der Waals surface area contributed by atoms with Crippen molar-refractivity contribution in [2.24, 2.45) is 0 Å². The van der Waals surface area contributed by atoms with Gasteiger partial charge in [0.15, 0.2) is 0 Å². The van der Waals surface area contributed by atoms with Gasteiger partial charge in [0.1, 0.15) is 11.3 Å². The maximum Gasteiger partial charge on any atom is 0.338 e. The smallest absolute Gasteiger partial charge is 0.338 e. The second kappa shape index (κ2) is 8.24. The predicted molar refractivity (Wildman–Crippen MR) is 104 cm³/mol. The highest BCUT2D eigenvalue weighted by Crippen LogP contribution is 2.28. The van der Waals surface area contributed by atoms with Crippen LogP contribution in [0.4, 0.5) is 10.5 Å². The average Bonchev–Trinajstić information content (AvgIpc) is 2.69. The van der Waals surface area contributed by atoms with Crippen LogP contribution in [0.2, 0.25) is 5.02 Å². The average molecular weight is 401 g/mol. The Balaban J connectivity index is 2.07. The molecule has 144 valence electrons. The van der Waals surface area contributed by atoms with Crippen molar-refractivity contribution in [1.82, 2.24) is 4.90 Å². The van der Waals surface area contributed by atoms with Crippen LogP contribution in [0.25, 0.3) is 6.08 Å². The summed E-state index contributed by atoms with van der Waals surface area (Å²) in [6.07, 6.45) is 1.35. The summed E-state index contributed by atoms with van der Waals surface area (Å²) >= 11 is 5.91. The zero-order chi connectivity index (χ0) is 20.3. The van der Waals surface area contributed by atoms with Crippen molar-refractivity contribution in [3.8, 4) is 5.75 Å². The lowest BCUT2D eigenvalue weighted by atomic mass is 10.1. The quantitative estimate of drug-likeness (QED) is 0.615. The molecule has 2 aromatic carbocycles. The van der Waals surface area contributed by atoms with Crippen LogP contribution in [0.15, 0.2) is 54.1 Å². The molecule has 1 aliphatic heterocycles. The van der Waals surface area contributed by atoms with Gasteiger partial charge in [-0.1, -0.05) is 35.9 Å². The molecule has 0 radical (unpaired) electrons. The van der Waals surface area contributed by atoms with Crippen molar-refractivity contribution in [3.05, 3.63) is 64.7 Å². The van der Waals surface area contributed by atoms with Gasteiger partial charge in [0, 0.05) is 7.11 Å². The van der Waals surface area contributed by atoms with Crippen molar-refractivity contribution in [3.63, 3.8) is 0 Å². The van der Waals surface area contributed by atoms with Crippen molar-refractivity contribution < 1.29 is 24.2 Å². The van der Waals surface area contributed by atoms with E-state index in [4.69, 9.17) is 16.3 Å². The molecule has 0 unspecified atom stereocenters.